The lowest BCUT2D eigenvalue weighted by Crippen LogP contribution is -2.47. The summed E-state index contributed by atoms with van der Waals surface area (Å²) in [5, 5.41) is 7.39. The lowest BCUT2D eigenvalue weighted by atomic mass is 10.2. The average Bonchev–Trinajstić information content (AvgIpc) is 2.74. The Labute approximate surface area is 174 Å². The molecule has 1 saturated heterocycles. The van der Waals surface area contributed by atoms with Crippen molar-refractivity contribution in [2.24, 2.45) is 7.05 Å². The van der Waals surface area contributed by atoms with E-state index in [1.165, 1.54) is 4.68 Å². The quantitative estimate of drug-likeness (QED) is 0.751. The highest BCUT2D eigenvalue weighted by atomic mass is 35.5. The second-order valence-corrected chi connectivity index (χ2v) is 7.24. The van der Waals surface area contributed by atoms with Crippen LogP contribution in [-0.4, -0.2) is 72.6 Å². The molecule has 0 amide bonds. The maximum absolute atomic E-state index is 11.8. The van der Waals surface area contributed by atoms with Crippen molar-refractivity contribution >= 4 is 23.0 Å². The van der Waals surface area contributed by atoms with Crippen LogP contribution >= 0.6 is 11.6 Å². The summed E-state index contributed by atoms with van der Waals surface area (Å²) in [6.07, 6.45) is 1.59. The molecule has 10 heteroatoms. The number of piperazine rings is 1. The molecular formula is C19H26ClN5O4. The van der Waals surface area contributed by atoms with Crippen molar-refractivity contribution in [3.8, 4) is 11.5 Å². The molecule has 2 aliphatic heterocycles. The van der Waals surface area contributed by atoms with Gasteiger partial charge in [-0.25, -0.2) is 4.68 Å². The minimum Gasteiger partial charge on any atom is -0.486 e. The van der Waals surface area contributed by atoms with Crippen molar-refractivity contribution in [3.05, 3.63) is 39.8 Å². The average molecular weight is 424 g/mol. The van der Waals surface area contributed by atoms with Gasteiger partial charge in [-0.15, -0.1) is 0 Å². The third kappa shape index (κ3) is 4.58. The van der Waals surface area contributed by atoms with Crippen LogP contribution in [-0.2, 0) is 7.05 Å². The van der Waals surface area contributed by atoms with Gasteiger partial charge in [0.05, 0.1) is 17.6 Å². The molecule has 3 heterocycles. The van der Waals surface area contributed by atoms with E-state index < -0.39 is 0 Å². The van der Waals surface area contributed by atoms with E-state index in [1.807, 2.05) is 12.1 Å². The molecule has 0 radical (unpaired) electrons. The molecule has 9 nitrogen and oxygen atoms in total. The summed E-state index contributed by atoms with van der Waals surface area (Å²) in [6, 6.07) is 6.06. The maximum Gasteiger partial charge on any atom is 0.287 e. The summed E-state index contributed by atoms with van der Waals surface area (Å²) >= 11 is 6.09. The fourth-order valence-corrected chi connectivity index (χ4v) is 3.74. The number of halogens is 1. The lowest BCUT2D eigenvalue weighted by Gasteiger charge is -2.37. The summed E-state index contributed by atoms with van der Waals surface area (Å²) in [6.45, 7) is 6.52. The van der Waals surface area contributed by atoms with Crippen molar-refractivity contribution in [1.82, 2.24) is 14.7 Å². The number of rotatable bonds is 5. The number of aromatic nitrogens is 2. The molecule has 1 aromatic heterocycles. The topological polar surface area (TPSA) is 103 Å². The highest BCUT2D eigenvalue weighted by molar-refractivity contribution is 6.32. The van der Waals surface area contributed by atoms with E-state index in [4.69, 9.17) is 21.1 Å². The minimum absolute atomic E-state index is 0. The van der Waals surface area contributed by atoms with Crippen LogP contribution in [0.15, 0.2) is 29.2 Å². The van der Waals surface area contributed by atoms with E-state index in [2.05, 4.69) is 26.3 Å². The van der Waals surface area contributed by atoms with Crippen LogP contribution in [0.3, 0.4) is 0 Å². The van der Waals surface area contributed by atoms with Crippen LogP contribution in [0.4, 0.5) is 11.4 Å². The van der Waals surface area contributed by atoms with Gasteiger partial charge in [-0.1, -0.05) is 17.7 Å². The summed E-state index contributed by atoms with van der Waals surface area (Å²) in [7, 11) is 1.58. The summed E-state index contributed by atoms with van der Waals surface area (Å²) < 4.78 is 12.8. The Morgan fingerprint density at radius 2 is 1.93 bits per heavy atom. The molecule has 1 fully saturated rings. The van der Waals surface area contributed by atoms with E-state index in [0.29, 0.717) is 25.4 Å². The minimum atomic E-state index is -0.294. The van der Waals surface area contributed by atoms with Gasteiger partial charge in [0, 0.05) is 46.3 Å². The molecule has 4 rings (SSSR count). The van der Waals surface area contributed by atoms with Crippen molar-refractivity contribution in [2.45, 2.75) is 0 Å². The molecule has 1 aromatic carbocycles. The highest BCUT2D eigenvalue weighted by Crippen LogP contribution is 2.39. The number of anilines is 2. The third-order valence-electron chi connectivity index (χ3n) is 5.08. The van der Waals surface area contributed by atoms with Crippen LogP contribution < -0.4 is 25.2 Å². The van der Waals surface area contributed by atoms with Gasteiger partial charge < -0.3 is 25.2 Å². The van der Waals surface area contributed by atoms with Gasteiger partial charge in [0.2, 0.25) is 0 Å². The number of para-hydroxylation sites is 1. The second kappa shape index (κ2) is 9.34. The van der Waals surface area contributed by atoms with Crippen LogP contribution in [0.1, 0.15) is 0 Å². The standard InChI is InChI=1S/C19H24ClN5O3.H2O/c1-23-19(26)17(20)14(13-22-23)21-5-6-24-7-9-25(10-8-24)15-3-2-4-16-18(15)28-12-11-27-16;/h2-4,13,21H,5-12H2,1H3;1H2. The van der Waals surface area contributed by atoms with Gasteiger partial charge in [-0.2, -0.15) is 5.10 Å². The molecule has 158 valence electrons. The lowest BCUT2D eigenvalue weighted by molar-refractivity contribution is 0.171. The number of hydrogen-bond acceptors (Lipinski definition) is 7. The number of hydrogen-bond donors (Lipinski definition) is 1. The predicted octanol–water partition coefficient (Wildman–Crippen LogP) is 0.614. The van der Waals surface area contributed by atoms with E-state index in [-0.39, 0.29) is 16.1 Å². The summed E-state index contributed by atoms with van der Waals surface area (Å²) in [4.78, 5) is 16.6. The second-order valence-electron chi connectivity index (χ2n) is 6.86. The number of benzene rings is 1. The number of aryl methyl sites for hydroxylation is 1. The van der Waals surface area contributed by atoms with Gasteiger partial charge in [-0.3, -0.25) is 9.69 Å². The van der Waals surface area contributed by atoms with Gasteiger partial charge in [0.15, 0.2) is 11.5 Å². The first-order valence-corrected chi connectivity index (χ1v) is 9.83. The smallest absolute Gasteiger partial charge is 0.287 e. The molecular weight excluding hydrogens is 398 g/mol. The normalized spacial score (nSPS) is 16.3. The Morgan fingerprint density at radius 3 is 2.72 bits per heavy atom. The maximum atomic E-state index is 11.8. The Bertz CT molecular complexity index is 899. The van der Waals surface area contributed by atoms with Gasteiger partial charge in [-0.05, 0) is 12.1 Å². The zero-order valence-electron chi connectivity index (χ0n) is 16.4. The number of nitrogens with one attached hydrogen (secondary N) is 1. The fourth-order valence-electron chi connectivity index (χ4n) is 3.50. The van der Waals surface area contributed by atoms with Crippen molar-refractivity contribution in [1.29, 1.82) is 0 Å². The molecule has 0 spiro atoms. The Kier molecular flexibility index (Phi) is 6.83. The van der Waals surface area contributed by atoms with Crippen molar-refractivity contribution in [2.75, 3.05) is 62.7 Å². The first kappa shape index (κ1) is 21.2. The molecule has 0 aliphatic carbocycles. The fraction of sp³-hybridized carbons (Fsp3) is 0.474. The van der Waals surface area contributed by atoms with Crippen LogP contribution in [0.5, 0.6) is 11.5 Å². The largest absolute Gasteiger partial charge is 0.486 e. The molecule has 29 heavy (non-hydrogen) atoms. The van der Waals surface area contributed by atoms with Gasteiger partial charge in [0.1, 0.15) is 18.2 Å². The van der Waals surface area contributed by atoms with Gasteiger partial charge >= 0.3 is 0 Å². The predicted molar refractivity (Wildman–Crippen MR) is 113 cm³/mol. The number of fused-ring (bicyclic) bond motifs is 1. The van der Waals surface area contributed by atoms with Crippen molar-refractivity contribution in [3.63, 3.8) is 0 Å². The van der Waals surface area contributed by atoms with Crippen molar-refractivity contribution < 1.29 is 14.9 Å². The monoisotopic (exact) mass is 423 g/mol. The zero-order chi connectivity index (χ0) is 19.5. The van der Waals surface area contributed by atoms with Gasteiger partial charge in [0.25, 0.3) is 5.56 Å². The zero-order valence-corrected chi connectivity index (χ0v) is 17.1. The first-order chi connectivity index (χ1) is 13.6. The molecule has 2 aliphatic rings. The highest BCUT2D eigenvalue weighted by Gasteiger charge is 2.23. The summed E-state index contributed by atoms with van der Waals surface area (Å²) in [5.41, 5.74) is 1.39. The van der Waals surface area contributed by atoms with E-state index in [9.17, 15) is 4.79 Å². The summed E-state index contributed by atoms with van der Waals surface area (Å²) in [5.74, 6) is 1.69. The van der Waals surface area contributed by atoms with Crippen LogP contribution in [0, 0.1) is 0 Å². The number of ether oxygens (including phenoxy) is 2. The molecule has 0 atom stereocenters. The van der Waals surface area contributed by atoms with E-state index >= 15 is 0 Å². The first-order valence-electron chi connectivity index (χ1n) is 9.45. The Hall–Kier alpha value is -2.49. The molecule has 3 N–H and O–H groups in total. The third-order valence-corrected chi connectivity index (χ3v) is 5.45. The Morgan fingerprint density at radius 1 is 1.17 bits per heavy atom. The molecule has 0 bridgehead atoms. The molecule has 2 aromatic rings. The van der Waals surface area contributed by atoms with Crippen LogP contribution in [0.2, 0.25) is 5.02 Å². The SMILES string of the molecule is Cn1ncc(NCCN2CCN(c3cccc4c3OCCO4)CC2)c(Cl)c1=O.O. The van der Waals surface area contributed by atoms with E-state index in [1.54, 1.807) is 13.2 Å². The number of nitrogens with zero attached hydrogens (tertiary/aromatic N) is 4. The van der Waals surface area contributed by atoms with E-state index in [0.717, 1.165) is 49.9 Å². The van der Waals surface area contributed by atoms with Crippen LogP contribution in [0.25, 0.3) is 0 Å². The molecule has 0 saturated carbocycles. The molecule has 0 unspecified atom stereocenters. The Balaban J connectivity index is 0.00000240.